The molecule has 0 radical (unpaired) electrons. The Morgan fingerprint density at radius 3 is 2.32 bits per heavy atom. The Morgan fingerprint density at radius 2 is 1.73 bits per heavy atom. The largest absolute Gasteiger partial charge is 0.478 e. The summed E-state index contributed by atoms with van der Waals surface area (Å²) in [6, 6.07) is 11.5. The zero-order valence-electron chi connectivity index (χ0n) is 11.3. The number of ketones is 1. The zero-order chi connectivity index (χ0) is 16.1. The molecule has 1 N–H and O–H groups in total. The summed E-state index contributed by atoms with van der Waals surface area (Å²) in [5.41, 5.74) is 0.878. The molecule has 0 aromatic heterocycles. The number of hydrogen-bond donors (Lipinski definition) is 1. The Labute approximate surface area is 125 Å². The van der Waals surface area contributed by atoms with Crippen LogP contribution in [-0.4, -0.2) is 21.8 Å². The summed E-state index contributed by atoms with van der Waals surface area (Å²) in [6.07, 6.45) is 2.81. The molecule has 0 unspecified atom stereocenters. The summed E-state index contributed by atoms with van der Waals surface area (Å²) in [5.74, 6) is -1.39. The van der Waals surface area contributed by atoms with Gasteiger partial charge in [0.05, 0.1) is 10.5 Å². The molecule has 0 fully saturated rings. The van der Waals surface area contributed by atoms with Gasteiger partial charge in [-0.1, -0.05) is 30.3 Å². The second-order valence-electron chi connectivity index (χ2n) is 4.43. The van der Waals surface area contributed by atoms with E-state index in [0.717, 1.165) is 0 Å². The average molecular weight is 297 g/mol. The van der Waals surface area contributed by atoms with Crippen molar-refractivity contribution in [2.45, 2.75) is 0 Å². The third-order valence-corrected chi connectivity index (χ3v) is 2.93. The summed E-state index contributed by atoms with van der Waals surface area (Å²) >= 11 is 0. The first-order valence-electron chi connectivity index (χ1n) is 6.27. The normalized spacial score (nSPS) is 10.5. The predicted molar refractivity (Wildman–Crippen MR) is 79.9 cm³/mol. The number of carboxylic acid groups (broad SMARTS) is 1. The van der Waals surface area contributed by atoms with Crippen LogP contribution < -0.4 is 0 Å². The monoisotopic (exact) mass is 297 g/mol. The van der Waals surface area contributed by atoms with Crippen molar-refractivity contribution < 1.29 is 19.6 Å². The maximum Gasteiger partial charge on any atom is 0.335 e. The molecule has 0 spiro atoms. The van der Waals surface area contributed by atoms with Crippen molar-refractivity contribution in [2.75, 3.05) is 0 Å². The SMILES string of the molecule is O=C(O)c1ccc(/C=C/C(=O)c2cccc([N+](=O)[O-])c2)cc1. The fourth-order valence-corrected chi connectivity index (χ4v) is 1.78. The van der Waals surface area contributed by atoms with E-state index < -0.39 is 10.9 Å². The van der Waals surface area contributed by atoms with Crippen LogP contribution in [0, 0.1) is 10.1 Å². The molecule has 6 nitrogen and oxygen atoms in total. The molecular weight excluding hydrogens is 286 g/mol. The van der Waals surface area contributed by atoms with E-state index in [1.165, 1.54) is 48.6 Å². The van der Waals surface area contributed by atoms with Crippen molar-refractivity contribution in [1.29, 1.82) is 0 Å². The number of aromatic carboxylic acids is 1. The van der Waals surface area contributed by atoms with Gasteiger partial charge in [-0.3, -0.25) is 14.9 Å². The Kier molecular flexibility index (Phi) is 4.43. The van der Waals surface area contributed by atoms with E-state index in [-0.39, 0.29) is 22.6 Å². The van der Waals surface area contributed by atoms with Gasteiger partial charge in [-0.15, -0.1) is 0 Å². The van der Waals surface area contributed by atoms with Crippen molar-refractivity contribution in [3.05, 3.63) is 81.4 Å². The summed E-state index contributed by atoms with van der Waals surface area (Å²) in [5, 5.41) is 19.5. The molecule has 0 amide bonds. The van der Waals surface area contributed by atoms with Crippen LogP contribution in [0.4, 0.5) is 5.69 Å². The molecule has 110 valence electrons. The summed E-state index contributed by atoms with van der Waals surface area (Å²) in [4.78, 5) is 32.8. The fourth-order valence-electron chi connectivity index (χ4n) is 1.78. The highest BCUT2D eigenvalue weighted by Gasteiger charge is 2.09. The standard InChI is InChI=1S/C16H11NO5/c18-15(13-2-1-3-14(10-13)17(21)22)9-6-11-4-7-12(8-5-11)16(19)20/h1-10H,(H,19,20)/b9-6+. The van der Waals surface area contributed by atoms with Gasteiger partial charge in [-0.05, 0) is 23.8 Å². The minimum Gasteiger partial charge on any atom is -0.478 e. The van der Waals surface area contributed by atoms with Gasteiger partial charge in [-0.25, -0.2) is 4.79 Å². The van der Waals surface area contributed by atoms with E-state index >= 15 is 0 Å². The smallest absolute Gasteiger partial charge is 0.335 e. The fraction of sp³-hybridized carbons (Fsp3) is 0. The second kappa shape index (κ2) is 6.45. The quantitative estimate of drug-likeness (QED) is 0.395. The van der Waals surface area contributed by atoms with Crippen LogP contribution >= 0.6 is 0 Å². The molecule has 0 aliphatic rings. The van der Waals surface area contributed by atoms with E-state index in [4.69, 9.17) is 5.11 Å². The molecular formula is C16H11NO5. The number of allylic oxidation sites excluding steroid dienone is 1. The molecule has 0 saturated carbocycles. The Hall–Kier alpha value is -3.28. The van der Waals surface area contributed by atoms with Crippen molar-refractivity contribution in [3.8, 4) is 0 Å². The number of nitro groups is 1. The molecule has 2 aromatic carbocycles. The van der Waals surface area contributed by atoms with Crippen LogP contribution in [0.1, 0.15) is 26.3 Å². The second-order valence-corrected chi connectivity index (χ2v) is 4.43. The summed E-state index contributed by atoms with van der Waals surface area (Å²) in [7, 11) is 0. The van der Waals surface area contributed by atoms with Gasteiger partial charge in [0.1, 0.15) is 0 Å². The zero-order valence-corrected chi connectivity index (χ0v) is 11.3. The van der Waals surface area contributed by atoms with Crippen LogP contribution in [0.5, 0.6) is 0 Å². The summed E-state index contributed by atoms with van der Waals surface area (Å²) < 4.78 is 0. The molecule has 2 aromatic rings. The molecule has 0 aliphatic carbocycles. The lowest BCUT2D eigenvalue weighted by molar-refractivity contribution is -0.384. The Morgan fingerprint density at radius 1 is 1.05 bits per heavy atom. The summed E-state index contributed by atoms with van der Waals surface area (Å²) in [6.45, 7) is 0. The highest BCUT2D eigenvalue weighted by atomic mass is 16.6. The minimum atomic E-state index is -1.02. The van der Waals surface area contributed by atoms with Crippen LogP contribution in [-0.2, 0) is 0 Å². The predicted octanol–water partition coefficient (Wildman–Crippen LogP) is 3.19. The highest BCUT2D eigenvalue weighted by Crippen LogP contribution is 2.14. The topological polar surface area (TPSA) is 97.5 Å². The van der Waals surface area contributed by atoms with E-state index in [1.54, 1.807) is 12.1 Å². The number of rotatable bonds is 5. The van der Waals surface area contributed by atoms with Crippen LogP contribution in [0.25, 0.3) is 6.08 Å². The van der Waals surface area contributed by atoms with Gasteiger partial charge in [-0.2, -0.15) is 0 Å². The minimum absolute atomic E-state index is 0.148. The molecule has 0 atom stereocenters. The number of hydrogen-bond acceptors (Lipinski definition) is 4. The van der Waals surface area contributed by atoms with Gasteiger partial charge in [0.25, 0.3) is 5.69 Å². The van der Waals surface area contributed by atoms with Gasteiger partial charge in [0.15, 0.2) is 5.78 Å². The third-order valence-electron chi connectivity index (χ3n) is 2.93. The van der Waals surface area contributed by atoms with Crippen LogP contribution in [0.15, 0.2) is 54.6 Å². The number of nitrogens with zero attached hydrogens (tertiary/aromatic N) is 1. The lowest BCUT2D eigenvalue weighted by atomic mass is 10.1. The van der Waals surface area contributed by atoms with E-state index in [2.05, 4.69) is 0 Å². The molecule has 6 heteroatoms. The van der Waals surface area contributed by atoms with Crippen molar-refractivity contribution in [2.24, 2.45) is 0 Å². The van der Waals surface area contributed by atoms with Crippen molar-refractivity contribution >= 4 is 23.5 Å². The van der Waals surface area contributed by atoms with Gasteiger partial charge in [0, 0.05) is 17.7 Å². The number of nitro benzene ring substituents is 1. The number of carbonyl (C=O) groups is 2. The first-order valence-corrected chi connectivity index (χ1v) is 6.27. The maximum atomic E-state index is 12.0. The lowest BCUT2D eigenvalue weighted by Gasteiger charge is -1.97. The van der Waals surface area contributed by atoms with Crippen LogP contribution in [0.3, 0.4) is 0 Å². The number of carboxylic acids is 1. The van der Waals surface area contributed by atoms with Gasteiger partial charge < -0.3 is 5.11 Å². The lowest BCUT2D eigenvalue weighted by Crippen LogP contribution is -1.97. The highest BCUT2D eigenvalue weighted by molar-refractivity contribution is 6.07. The van der Waals surface area contributed by atoms with Gasteiger partial charge >= 0.3 is 5.97 Å². The van der Waals surface area contributed by atoms with E-state index in [1.807, 2.05) is 0 Å². The molecule has 2 rings (SSSR count). The van der Waals surface area contributed by atoms with Crippen molar-refractivity contribution in [3.63, 3.8) is 0 Å². The molecule has 0 bridgehead atoms. The Balaban J connectivity index is 2.15. The van der Waals surface area contributed by atoms with Crippen LogP contribution in [0.2, 0.25) is 0 Å². The first-order chi connectivity index (χ1) is 10.5. The molecule has 0 saturated heterocycles. The van der Waals surface area contributed by atoms with E-state index in [9.17, 15) is 19.7 Å². The van der Waals surface area contributed by atoms with E-state index in [0.29, 0.717) is 5.56 Å². The molecule has 22 heavy (non-hydrogen) atoms. The number of carbonyl (C=O) groups excluding carboxylic acids is 1. The number of non-ortho nitro benzene ring substituents is 1. The number of benzene rings is 2. The Bertz CT molecular complexity index is 762. The van der Waals surface area contributed by atoms with Gasteiger partial charge in [0.2, 0.25) is 0 Å². The maximum absolute atomic E-state index is 12.0. The molecule has 0 heterocycles. The molecule has 0 aliphatic heterocycles. The average Bonchev–Trinajstić information content (AvgIpc) is 2.53. The third kappa shape index (κ3) is 3.63. The van der Waals surface area contributed by atoms with Crippen molar-refractivity contribution in [1.82, 2.24) is 0 Å². The first kappa shape index (κ1) is 15.1.